The molecule has 1 aliphatic heterocycles. The third-order valence-corrected chi connectivity index (χ3v) is 10.4. The van der Waals surface area contributed by atoms with Crippen molar-refractivity contribution in [1.82, 2.24) is 19.5 Å². The summed E-state index contributed by atoms with van der Waals surface area (Å²) in [4.78, 5) is 30.9. The van der Waals surface area contributed by atoms with Crippen LogP contribution in [0.1, 0.15) is 43.2 Å². The SMILES string of the molecule is CC(C)(O)Cn1cnc2ccc(Sc3ncc(N4CCC5(CC4)Cc4ccsc4[C@H]5N)nc3N)c(Cl)c2c1=O. The number of nitrogen functional groups attached to an aromatic ring is 1. The number of nitrogens with zero attached hydrogens (tertiary/aromatic N) is 5. The zero-order valence-electron chi connectivity index (χ0n) is 21.7. The molecular formula is C27H30ClN7O2S2. The van der Waals surface area contributed by atoms with E-state index in [-0.39, 0.29) is 28.6 Å². The number of anilines is 2. The summed E-state index contributed by atoms with van der Waals surface area (Å²) in [5.74, 6) is 1.05. The summed E-state index contributed by atoms with van der Waals surface area (Å²) in [6, 6.07) is 5.86. The zero-order valence-corrected chi connectivity index (χ0v) is 24.1. The quantitative estimate of drug-likeness (QED) is 0.315. The van der Waals surface area contributed by atoms with Crippen LogP contribution in [-0.4, -0.2) is 43.3 Å². The minimum Gasteiger partial charge on any atom is -0.389 e. The molecule has 2 aliphatic rings. The molecule has 0 unspecified atom stereocenters. The second kappa shape index (κ2) is 9.74. The van der Waals surface area contributed by atoms with Gasteiger partial charge in [-0.05, 0) is 67.7 Å². The van der Waals surface area contributed by atoms with Crippen LogP contribution in [0.5, 0.6) is 0 Å². The van der Waals surface area contributed by atoms with E-state index in [0.717, 1.165) is 38.2 Å². The monoisotopic (exact) mass is 583 g/mol. The Morgan fingerprint density at radius 2 is 2.03 bits per heavy atom. The second-order valence-corrected chi connectivity index (χ2v) is 13.5. The van der Waals surface area contributed by atoms with E-state index in [1.807, 2.05) is 0 Å². The van der Waals surface area contributed by atoms with Crippen LogP contribution in [0, 0.1) is 5.41 Å². The highest BCUT2D eigenvalue weighted by atomic mass is 35.5. The minimum atomic E-state index is -1.07. The van der Waals surface area contributed by atoms with Gasteiger partial charge in [-0.25, -0.2) is 15.0 Å². The fraction of sp³-hybridized carbons (Fsp3) is 0.407. The van der Waals surface area contributed by atoms with Crippen LogP contribution in [0.15, 0.2) is 50.8 Å². The standard InChI is InChI=1S/C27H30ClN7O2S2/c1-26(2,37)13-35-14-32-16-3-4-17(20(28)19(16)25(35)36)39-24-23(30)33-18(12-31-24)34-8-6-27(7-9-34)11-15-5-10-38-21(15)22(27)29/h3-5,10,12,14,22,37H,6-9,11,13,29H2,1-2H3,(H2,30,33)/t22-/m1/s1. The first-order valence-corrected chi connectivity index (χ1v) is 14.9. The lowest BCUT2D eigenvalue weighted by Crippen LogP contribution is -2.44. The number of benzene rings is 1. The normalized spacial score (nSPS) is 18.7. The Morgan fingerprint density at radius 3 is 2.72 bits per heavy atom. The van der Waals surface area contributed by atoms with E-state index in [1.165, 1.54) is 33.1 Å². The summed E-state index contributed by atoms with van der Waals surface area (Å²) >= 11 is 9.73. The summed E-state index contributed by atoms with van der Waals surface area (Å²) in [5, 5.41) is 13.4. The van der Waals surface area contributed by atoms with Gasteiger partial charge < -0.3 is 21.5 Å². The van der Waals surface area contributed by atoms with Crippen molar-refractivity contribution in [3.05, 3.63) is 61.9 Å². The molecule has 12 heteroatoms. The Kier molecular flexibility index (Phi) is 6.62. The van der Waals surface area contributed by atoms with Crippen molar-refractivity contribution in [3.63, 3.8) is 0 Å². The lowest BCUT2D eigenvalue weighted by Gasteiger charge is -2.42. The highest BCUT2D eigenvalue weighted by Gasteiger charge is 2.46. The smallest absolute Gasteiger partial charge is 0.262 e. The molecule has 39 heavy (non-hydrogen) atoms. The Morgan fingerprint density at radius 1 is 1.26 bits per heavy atom. The maximum atomic E-state index is 13.1. The first-order chi connectivity index (χ1) is 18.5. The van der Waals surface area contributed by atoms with Crippen molar-refractivity contribution in [2.45, 2.75) is 61.2 Å². The average molecular weight is 584 g/mol. The molecule has 4 heterocycles. The molecule has 204 valence electrons. The van der Waals surface area contributed by atoms with Crippen LogP contribution in [0.3, 0.4) is 0 Å². The molecule has 1 spiro atoms. The lowest BCUT2D eigenvalue weighted by atomic mass is 9.73. The second-order valence-electron chi connectivity index (χ2n) is 11.1. The zero-order chi connectivity index (χ0) is 27.5. The number of aromatic nitrogens is 4. The van der Waals surface area contributed by atoms with Crippen LogP contribution in [0.25, 0.3) is 10.9 Å². The molecule has 6 rings (SSSR count). The van der Waals surface area contributed by atoms with E-state index in [9.17, 15) is 9.90 Å². The van der Waals surface area contributed by atoms with Gasteiger partial charge in [-0.15, -0.1) is 11.3 Å². The summed E-state index contributed by atoms with van der Waals surface area (Å²) in [5.41, 5.74) is 13.7. The van der Waals surface area contributed by atoms with Crippen molar-refractivity contribution in [3.8, 4) is 0 Å². The Hall–Kier alpha value is -2.70. The maximum Gasteiger partial charge on any atom is 0.262 e. The fourth-order valence-electron chi connectivity index (χ4n) is 5.71. The molecule has 0 amide bonds. The Bertz CT molecular complexity index is 1620. The van der Waals surface area contributed by atoms with Gasteiger partial charge in [0.1, 0.15) is 10.8 Å². The van der Waals surface area contributed by atoms with Crippen LogP contribution in [0.2, 0.25) is 5.02 Å². The van der Waals surface area contributed by atoms with Crippen LogP contribution in [-0.2, 0) is 13.0 Å². The Balaban J connectivity index is 1.20. The number of hydrogen-bond donors (Lipinski definition) is 3. The van der Waals surface area contributed by atoms with Gasteiger partial charge in [0, 0.05) is 28.9 Å². The fourth-order valence-corrected chi connectivity index (χ4v) is 7.93. The van der Waals surface area contributed by atoms with E-state index >= 15 is 0 Å². The molecule has 1 aromatic carbocycles. The van der Waals surface area contributed by atoms with Gasteiger partial charge in [0.2, 0.25) is 0 Å². The van der Waals surface area contributed by atoms with Crippen LogP contribution in [0.4, 0.5) is 11.6 Å². The topological polar surface area (TPSA) is 136 Å². The lowest BCUT2D eigenvalue weighted by molar-refractivity contribution is 0.0603. The van der Waals surface area contributed by atoms with E-state index in [1.54, 1.807) is 43.5 Å². The van der Waals surface area contributed by atoms with E-state index in [2.05, 4.69) is 31.3 Å². The average Bonchev–Trinajstić information content (AvgIpc) is 3.44. The van der Waals surface area contributed by atoms with Crippen molar-refractivity contribution < 1.29 is 5.11 Å². The largest absolute Gasteiger partial charge is 0.389 e. The molecule has 9 nitrogen and oxygen atoms in total. The highest BCUT2D eigenvalue weighted by molar-refractivity contribution is 7.99. The van der Waals surface area contributed by atoms with Crippen molar-refractivity contribution in [2.24, 2.45) is 11.1 Å². The first-order valence-electron chi connectivity index (χ1n) is 12.8. The van der Waals surface area contributed by atoms with Crippen LogP contribution < -0.4 is 21.9 Å². The third kappa shape index (κ3) is 4.80. The van der Waals surface area contributed by atoms with Gasteiger partial charge in [0.15, 0.2) is 5.82 Å². The third-order valence-electron chi connectivity index (χ3n) is 7.76. The molecule has 5 N–H and O–H groups in total. The number of halogens is 1. The molecule has 0 saturated carbocycles. The summed E-state index contributed by atoms with van der Waals surface area (Å²) in [6.07, 6.45) is 6.22. The predicted octanol–water partition coefficient (Wildman–Crippen LogP) is 4.25. The number of nitrogens with two attached hydrogens (primary N) is 2. The van der Waals surface area contributed by atoms with Crippen LogP contribution >= 0.6 is 34.7 Å². The number of piperidine rings is 1. The van der Waals surface area contributed by atoms with Gasteiger partial charge in [0.05, 0.1) is 40.6 Å². The number of hydrogen-bond acceptors (Lipinski definition) is 10. The first kappa shape index (κ1) is 26.5. The van der Waals surface area contributed by atoms with Crippen molar-refractivity contribution in [2.75, 3.05) is 23.7 Å². The molecule has 0 bridgehead atoms. The van der Waals surface area contributed by atoms with Gasteiger partial charge >= 0.3 is 0 Å². The van der Waals surface area contributed by atoms with Gasteiger partial charge in [0.25, 0.3) is 5.56 Å². The van der Waals surface area contributed by atoms with Gasteiger partial charge in [-0.3, -0.25) is 9.36 Å². The molecule has 1 fully saturated rings. The van der Waals surface area contributed by atoms with E-state index < -0.39 is 5.60 Å². The molecular weight excluding hydrogens is 554 g/mol. The van der Waals surface area contributed by atoms with Crippen molar-refractivity contribution in [1.29, 1.82) is 0 Å². The summed E-state index contributed by atoms with van der Waals surface area (Å²) in [7, 11) is 0. The van der Waals surface area contributed by atoms with Gasteiger partial charge in [-0.1, -0.05) is 23.4 Å². The summed E-state index contributed by atoms with van der Waals surface area (Å²) in [6.45, 7) is 5.07. The molecule has 1 aliphatic carbocycles. The Labute approximate surface area is 239 Å². The number of thiophene rings is 1. The predicted molar refractivity (Wildman–Crippen MR) is 157 cm³/mol. The van der Waals surface area contributed by atoms with Crippen molar-refractivity contribution >= 4 is 57.2 Å². The molecule has 4 aromatic rings. The molecule has 1 atom stereocenters. The molecule has 1 saturated heterocycles. The van der Waals surface area contributed by atoms with E-state index in [0.29, 0.717) is 26.6 Å². The number of aliphatic hydroxyl groups is 1. The molecule has 3 aromatic heterocycles. The van der Waals surface area contributed by atoms with E-state index in [4.69, 9.17) is 23.1 Å². The number of fused-ring (bicyclic) bond motifs is 2. The maximum absolute atomic E-state index is 13.1. The summed E-state index contributed by atoms with van der Waals surface area (Å²) < 4.78 is 1.37. The van der Waals surface area contributed by atoms with Gasteiger partial charge in [-0.2, -0.15) is 0 Å². The number of rotatable bonds is 5. The molecule has 0 radical (unpaired) electrons. The highest BCUT2D eigenvalue weighted by Crippen LogP contribution is 2.52. The minimum absolute atomic E-state index is 0.0980.